The number of pyridine rings is 1. The lowest BCUT2D eigenvalue weighted by molar-refractivity contribution is 0.0963. The Bertz CT molecular complexity index is 636. The molecule has 2 aromatic rings. The van der Waals surface area contributed by atoms with Crippen LogP contribution in [0.5, 0.6) is 0 Å². The van der Waals surface area contributed by atoms with E-state index in [-0.39, 0.29) is 17.6 Å². The van der Waals surface area contributed by atoms with Gasteiger partial charge in [0.05, 0.1) is 11.4 Å². The monoisotopic (exact) mass is 272 g/mol. The third kappa shape index (κ3) is 3.07. The van der Waals surface area contributed by atoms with Crippen LogP contribution in [-0.4, -0.2) is 10.8 Å². The Kier molecular flexibility index (Phi) is 3.66. The fourth-order valence-corrected chi connectivity index (χ4v) is 1.86. The quantitative estimate of drug-likeness (QED) is 0.870. The molecule has 0 saturated heterocycles. The van der Waals surface area contributed by atoms with Gasteiger partial charge in [0.2, 0.25) is 5.78 Å². The van der Waals surface area contributed by atoms with Gasteiger partial charge in [0.15, 0.2) is 5.76 Å². The van der Waals surface area contributed by atoms with E-state index in [1.54, 1.807) is 18.3 Å². The third-order valence-corrected chi connectivity index (χ3v) is 3.17. The second-order valence-electron chi connectivity index (χ2n) is 6.03. The maximum Gasteiger partial charge on any atom is 0.202 e. The molecule has 0 aliphatic heterocycles. The van der Waals surface area contributed by atoms with Crippen molar-refractivity contribution >= 4 is 11.5 Å². The predicted molar refractivity (Wildman–Crippen MR) is 78.8 cm³/mol. The van der Waals surface area contributed by atoms with Crippen LogP contribution >= 0.6 is 0 Å². The summed E-state index contributed by atoms with van der Waals surface area (Å²) in [7, 11) is 0. The van der Waals surface area contributed by atoms with Gasteiger partial charge < -0.3 is 10.2 Å². The molecule has 0 fully saturated rings. The fourth-order valence-electron chi connectivity index (χ4n) is 1.86. The van der Waals surface area contributed by atoms with Gasteiger partial charge in [-0.2, -0.15) is 0 Å². The number of carbonyl (C=O) groups excluding carboxylic acids is 1. The molecule has 4 nitrogen and oxygen atoms in total. The minimum absolute atomic E-state index is 0.0643. The minimum atomic E-state index is -0.103. The first-order valence-corrected chi connectivity index (χ1v) is 6.62. The number of Topliss-reactive ketones (excluding diaryl/α,β-unsaturated/α-hetero) is 1. The number of anilines is 1. The van der Waals surface area contributed by atoms with Crippen molar-refractivity contribution in [1.29, 1.82) is 0 Å². The zero-order chi connectivity index (χ0) is 14.9. The molecule has 0 aromatic carbocycles. The van der Waals surface area contributed by atoms with Crippen LogP contribution in [0.4, 0.5) is 5.69 Å². The first-order chi connectivity index (χ1) is 9.27. The van der Waals surface area contributed by atoms with Gasteiger partial charge in [0, 0.05) is 18.0 Å². The highest BCUT2D eigenvalue weighted by Gasteiger charge is 2.20. The Morgan fingerprint density at radius 2 is 2.05 bits per heavy atom. The average Bonchev–Trinajstić information content (AvgIpc) is 2.83. The molecule has 0 saturated carbocycles. The second-order valence-corrected chi connectivity index (χ2v) is 6.03. The predicted octanol–water partition coefficient (Wildman–Crippen LogP) is 3.29. The molecule has 0 amide bonds. The molecular formula is C16H20N2O2. The largest absolute Gasteiger partial charge is 0.457 e. The molecule has 0 aliphatic rings. The second kappa shape index (κ2) is 5.12. The lowest BCUT2D eigenvalue weighted by Gasteiger charge is -2.13. The maximum absolute atomic E-state index is 12.2. The molecule has 2 N–H and O–H groups in total. The van der Waals surface area contributed by atoms with E-state index in [1.165, 1.54) is 0 Å². The molecular weight excluding hydrogens is 252 g/mol. The molecule has 0 radical (unpaired) electrons. The molecule has 106 valence electrons. The van der Waals surface area contributed by atoms with Crippen molar-refractivity contribution in [3.05, 3.63) is 47.2 Å². The number of aryl methyl sites for hydroxylation is 1. The number of furan rings is 1. The van der Waals surface area contributed by atoms with Crippen molar-refractivity contribution in [3.63, 3.8) is 0 Å². The maximum atomic E-state index is 12.2. The van der Waals surface area contributed by atoms with Crippen LogP contribution < -0.4 is 5.73 Å². The van der Waals surface area contributed by atoms with Gasteiger partial charge in [-0.05, 0) is 30.7 Å². The molecule has 2 rings (SSSR count). The first-order valence-electron chi connectivity index (χ1n) is 6.62. The summed E-state index contributed by atoms with van der Waals surface area (Å²) < 4.78 is 5.63. The Morgan fingerprint density at radius 1 is 1.35 bits per heavy atom. The lowest BCUT2D eigenvalue weighted by atomic mass is 9.94. The van der Waals surface area contributed by atoms with Crippen molar-refractivity contribution in [2.75, 3.05) is 5.73 Å². The van der Waals surface area contributed by atoms with E-state index < -0.39 is 0 Å². The average molecular weight is 272 g/mol. The SMILES string of the molecule is Cc1ncc(CC(=O)c2ccc(C(C)(C)C)o2)cc1N. The van der Waals surface area contributed by atoms with E-state index in [1.807, 2.05) is 33.8 Å². The highest BCUT2D eigenvalue weighted by Crippen LogP contribution is 2.25. The lowest BCUT2D eigenvalue weighted by Crippen LogP contribution is -2.09. The Morgan fingerprint density at radius 3 is 2.60 bits per heavy atom. The van der Waals surface area contributed by atoms with E-state index >= 15 is 0 Å². The summed E-state index contributed by atoms with van der Waals surface area (Å²) >= 11 is 0. The number of ketones is 1. The Labute approximate surface area is 119 Å². The molecule has 0 spiro atoms. The van der Waals surface area contributed by atoms with Gasteiger partial charge in [0.25, 0.3) is 0 Å². The van der Waals surface area contributed by atoms with E-state index in [2.05, 4.69) is 4.98 Å². The summed E-state index contributed by atoms with van der Waals surface area (Å²) in [5.74, 6) is 1.13. The number of rotatable bonds is 3. The molecule has 2 aromatic heterocycles. The molecule has 0 aliphatic carbocycles. The highest BCUT2D eigenvalue weighted by molar-refractivity contribution is 5.95. The number of nitrogens with zero attached hydrogens (tertiary/aromatic N) is 1. The number of aromatic nitrogens is 1. The Balaban J connectivity index is 2.16. The number of nitrogens with two attached hydrogens (primary N) is 1. The van der Waals surface area contributed by atoms with Gasteiger partial charge in [-0.3, -0.25) is 9.78 Å². The topological polar surface area (TPSA) is 69.1 Å². The molecule has 0 atom stereocenters. The van der Waals surface area contributed by atoms with Crippen molar-refractivity contribution in [3.8, 4) is 0 Å². The molecule has 4 heteroatoms. The molecule has 0 unspecified atom stereocenters. The van der Waals surface area contributed by atoms with Crippen LogP contribution in [-0.2, 0) is 11.8 Å². The van der Waals surface area contributed by atoms with Gasteiger partial charge in [-0.25, -0.2) is 0 Å². The fraction of sp³-hybridized carbons (Fsp3) is 0.375. The minimum Gasteiger partial charge on any atom is -0.457 e. The zero-order valence-electron chi connectivity index (χ0n) is 12.4. The number of nitrogen functional groups attached to an aromatic ring is 1. The normalized spacial score (nSPS) is 11.6. The summed E-state index contributed by atoms with van der Waals surface area (Å²) in [4.78, 5) is 16.4. The summed E-state index contributed by atoms with van der Waals surface area (Å²) in [6.45, 7) is 7.98. The highest BCUT2D eigenvalue weighted by atomic mass is 16.3. The van der Waals surface area contributed by atoms with Crippen LogP contribution in [0.2, 0.25) is 0 Å². The number of hydrogen-bond donors (Lipinski definition) is 1. The van der Waals surface area contributed by atoms with E-state index in [0.29, 0.717) is 11.4 Å². The van der Waals surface area contributed by atoms with Gasteiger partial charge >= 0.3 is 0 Å². The van der Waals surface area contributed by atoms with Crippen LogP contribution in [0.15, 0.2) is 28.8 Å². The van der Waals surface area contributed by atoms with Crippen molar-refractivity contribution in [1.82, 2.24) is 4.98 Å². The summed E-state index contributed by atoms with van der Waals surface area (Å²) in [6.07, 6.45) is 1.92. The van der Waals surface area contributed by atoms with E-state index in [9.17, 15) is 4.79 Å². The summed E-state index contributed by atoms with van der Waals surface area (Å²) in [6, 6.07) is 5.37. The summed E-state index contributed by atoms with van der Waals surface area (Å²) in [5, 5.41) is 0. The van der Waals surface area contributed by atoms with Crippen LogP contribution in [0.3, 0.4) is 0 Å². The summed E-state index contributed by atoms with van der Waals surface area (Å²) in [5.41, 5.74) is 7.87. The van der Waals surface area contributed by atoms with E-state index in [4.69, 9.17) is 10.2 Å². The molecule has 0 bridgehead atoms. The molecule has 20 heavy (non-hydrogen) atoms. The van der Waals surface area contributed by atoms with Crippen LogP contribution in [0.1, 0.15) is 48.3 Å². The Hall–Kier alpha value is -2.10. The smallest absolute Gasteiger partial charge is 0.202 e. The van der Waals surface area contributed by atoms with Crippen LogP contribution in [0.25, 0.3) is 0 Å². The van der Waals surface area contributed by atoms with Gasteiger partial charge in [-0.1, -0.05) is 20.8 Å². The van der Waals surface area contributed by atoms with E-state index in [0.717, 1.165) is 17.0 Å². The van der Waals surface area contributed by atoms with Crippen molar-refractivity contribution < 1.29 is 9.21 Å². The molecule has 2 heterocycles. The van der Waals surface area contributed by atoms with Gasteiger partial charge in [0.1, 0.15) is 5.76 Å². The third-order valence-electron chi connectivity index (χ3n) is 3.17. The van der Waals surface area contributed by atoms with Crippen molar-refractivity contribution in [2.24, 2.45) is 0 Å². The van der Waals surface area contributed by atoms with Gasteiger partial charge in [-0.15, -0.1) is 0 Å². The first kappa shape index (κ1) is 14.3. The van der Waals surface area contributed by atoms with Crippen LogP contribution in [0, 0.1) is 6.92 Å². The zero-order valence-corrected chi connectivity index (χ0v) is 12.4. The standard InChI is InChI=1S/C16H20N2O2/c1-10-12(17)7-11(9-18-10)8-13(19)14-5-6-15(20-14)16(2,3)4/h5-7,9H,8,17H2,1-4H3. The number of carbonyl (C=O) groups is 1. The number of hydrogen-bond acceptors (Lipinski definition) is 4. The van der Waals surface area contributed by atoms with Crippen molar-refractivity contribution in [2.45, 2.75) is 39.5 Å².